The number of hydrogen-bond acceptors (Lipinski definition) is 6. The highest BCUT2D eigenvalue weighted by Gasteiger charge is 2.15. The molecule has 0 saturated heterocycles. The van der Waals surface area contributed by atoms with E-state index in [1.54, 1.807) is 43.5 Å². The predicted molar refractivity (Wildman–Crippen MR) is 109 cm³/mol. The predicted octanol–water partition coefficient (Wildman–Crippen LogP) is 2.99. The van der Waals surface area contributed by atoms with E-state index < -0.39 is 17.7 Å². The van der Waals surface area contributed by atoms with Crippen LogP contribution in [0.25, 0.3) is 10.9 Å². The van der Waals surface area contributed by atoms with Crippen LogP contribution in [-0.2, 0) is 27.4 Å². The van der Waals surface area contributed by atoms with Crippen molar-refractivity contribution in [2.75, 3.05) is 13.2 Å². The summed E-state index contributed by atoms with van der Waals surface area (Å²) in [6.07, 6.45) is -0.500. The number of fused-ring (bicyclic) bond motifs is 1. The van der Waals surface area contributed by atoms with Crippen LogP contribution in [0.1, 0.15) is 40.2 Å². The van der Waals surface area contributed by atoms with Gasteiger partial charge < -0.3 is 24.1 Å². The number of carbonyl (C=O) groups is 2. The van der Waals surface area contributed by atoms with Gasteiger partial charge in [-0.15, -0.1) is 0 Å². The van der Waals surface area contributed by atoms with Gasteiger partial charge in [0.05, 0.1) is 17.6 Å². The summed E-state index contributed by atoms with van der Waals surface area (Å²) in [5.74, 6) is 0.147. The number of benzene rings is 1. The minimum absolute atomic E-state index is 0.0569. The third-order valence-corrected chi connectivity index (χ3v) is 3.93. The molecule has 0 atom stereocenters. The lowest BCUT2D eigenvalue weighted by Crippen LogP contribution is -2.34. The van der Waals surface area contributed by atoms with Crippen molar-refractivity contribution in [3.8, 4) is 5.75 Å². The molecular formula is C21H28N2O6. The van der Waals surface area contributed by atoms with Crippen LogP contribution in [0.5, 0.6) is 5.75 Å². The number of nitrogens with zero attached hydrogens (tertiary/aromatic N) is 1. The van der Waals surface area contributed by atoms with E-state index in [9.17, 15) is 14.4 Å². The molecule has 8 heteroatoms. The molecule has 1 heterocycles. The number of esters is 1. The highest BCUT2D eigenvalue weighted by atomic mass is 16.6. The van der Waals surface area contributed by atoms with Crippen LogP contribution in [-0.4, -0.2) is 35.4 Å². The van der Waals surface area contributed by atoms with Crippen LogP contribution in [0.2, 0.25) is 0 Å². The first-order chi connectivity index (χ1) is 13.6. The first kappa shape index (κ1) is 22.3. The van der Waals surface area contributed by atoms with Crippen molar-refractivity contribution in [3.05, 3.63) is 40.2 Å². The van der Waals surface area contributed by atoms with Gasteiger partial charge in [-0.1, -0.05) is 0 Å². The molecule has 8 nitrogen and oxygen atoms in total. The highest BCUT2D eigenvalue weighted by molar-refractivity contribution is 5.81. The highest BCUT2D eigenvalue weighted by Crippen LogP contribution is 2.21. The summed E-state index contributed by atoms with van der Waals surface area (Å²) >= 11 is 0. The molecule has 0 bridgehead atoms. The summed E-state index contributed by atoms with van der Waals surface area (Å²) in [5.41, 5.74) is 0.387. The van der Waals surface area contributed by atoms with Gasteiger partial charge in [-0.2, -0.15) is 0 Å². The number of aryl methyl sites for hydroxylation is 1. The molecule has 158 valence electrons. The summed E-state index contributed by atoms with van der Waals surface area (Å²) in [6.45, 7) is 9.51. The van der Waals surface area contributed by atoms with E-state index in [2.05, 4.69) is 5.32 Å². The summed E-state index contributed by atoms with van der Waals surface area (Å²) in [6, 6.07) is 7.13. The first-order valence-electron chi connectivity index (χ1n) is 9.50. The number of aromatic nitrogens is 1. The molecule has 0 fully saturated rings. The number of nitrogens with one attached hydrogen (secondary N) is 1. The van der Waals surface area contributed by atoms with Crippen molar-refractivity contribution >= 4 is 23.0 Å². The van der Waals surface area contributed by atoms with Crippen molar-refractivity contribution in [1.82, 2.24) is 9.88 Å². The Morgan fingerprint density at radius 3 is 2.52 bits per heavy atom. The standard InChI is InChI=1S/C21H28N2O6/c1-6-23-18-12-17(27-10-9-22-20(26)29-21(3,4)5)8-7-15(18)11-16(19(23)25)13-28-14(2)24/h7-8,11-12H,6,9-10,13H2,1-5H3,(H,22,26). The molecule has 0 radical (unpaired) electrons. The van der Waals surface area contributed by atoms with Crippen LogP contribution < -0.4 is 15.6 Å². The van der Waals surface area contributed by atoms with Crippen molar-refractivity contribution in [3.63, 3.8) is 0 Å². The molecule has 0 unspecified atom stereocenters. The summed E-state index contributed by atoms with van der Waals surface area (Å²) in [5, 5.41) is 3.47. The molecule has 0 aliphatic rings. The Kier molecular flexibility index (Phi) is 7.25. The number of hydrogen-bond donors (Lipinski definition) is 1. The lowest BCUT2D eigenvalue weighted by Gasteiger charge is -2.19. The average molecular weight is 404 g/mol. The third kappa shape index (κ3) is 6.51. The molecule has 0 saturated carbocycles. The van der Waals surface area contributed by atoms with Crippen molar-refractivity contribution in [2.45, 2.75) is 53.4 Å². The van der Waals surface area contributed by atoms with E-state index >= 15 is 0 Å². The summed E-state index contributed by atoms with van der Waals surface area (Å²) in [7, 11) is 0. The zero-order valence-corrected chi connectivity index (χ0v) is 17.5. The second kappa shape index (κ2) is 9.45. The first-order valence-corrected chi connectivity index (χ1v) is 9.50. The molecule has 0 aliphatic carbocycles. The van der Waals surface area contributed by atoms with Gasteiger partial charge in [0.1, 0.15) is 24.6 Å². The van der Waals surface area contributed by atoms with Gasteiger partial charge >= 0.3 is 12.1 Å². The van der Waals surface area contributed by atoms with Gasteiger partial charge in [-0.3, -0.25) is 9.59 Å². The number of rotatable bonds is 7. The van der Waals surface area contributed by atoms with E-state index in [-0.39, 0.29) is 25.3 Å². The van der Waals surface area contributed by atoms with Crippen LogP contribution in [0.15, 0.2) is 29.1 Å². The van der Waals surface area contributed by atoms with E-state index in [0.717, 1.165) is 10.9 Å². The Labute approximate surface area is 169 Å². The van der Waals surface area contributed by atoms with E-state index in [4.69, 9.17) is 14.2 Å². The van der Waals surface area contributed by atoms with E-state index in [0.29, 0.717) is 17.9 Å². The molecule has 0 aliphatic heterocycles. The zero-order chi connectivity index (χ0) is 21.6. The Bertz CT molecular complexity index is 943. The number of pyridine rings is 1. The van der Waals surface area contributed by atoms with Gasteiger partial charge in [0, 0.05) is 19.5 Å². The van der Waals surface area contributed by atoms with E-state index in [1.807, 2.05) is 13.0 Å². The molecule has 2 aromatic rings. The van der Waals surface area contributed by atoms with Gasteiger partial charge in [0.25, 0.3) is 5.56 Å². The molecule has 1 amide bonds. The van der Waals surface area contributed by atoms with E-state index in [1.165, 1.54) is 6.92 Å². The smallest absolute Gasteiger partial charge is 0.407 e. The number of carbonyl (C=O) groups excluding carboxylic acids is 2. The van der Waals surface area contributed by atoms with Crippen molar-refractivity contribution < 1.29 is 23.8 Å². The number of alkyl carbamates (subject to hydrolysis) is 1. The second-order valence-electron chi connectivity index (χ2n) is 7.50. The molecule has 29 heavy (non-hydrogen) atoms. The normalized spacial score (nSPS) is 11.2. The topological polar surface area (TPSA) is 95.9 Å². The Morgan fingerprint density at radius 1 is 1.17 bits per heavy atom. The summed E-state index contributed by atoms with van der Waals surface area (Å²) in [4.78, 5) is 35.3. The lowest BCUT2D eigenvalue weighted by atomic mass is 10.1. The summed E-state index contributed by atoms with van der Waals surface area (Å²) < 4.78 is 17.4. The molecule has 2 rings (SSSR count). The zero-order valence-electron chi connectivity index (χ0n) is 17.5. The van der Waals surface area contributed by atoms with Gasteiger partial charge in [0.2, 0.25) is 0 Å². The van der Waals surface area contributed by atoms with Gasteiger partial charge in [0.15, 0.2) is 0 Å². The third-order valence-electron chi connectivity index (χ3n) is 3.93. The van der Waals surface area contributed by atoms with Crippen molar-refractivity contribution in [2.24, 2.45) is 0 Å². The fourth-order valence-corrected chi connectivity index (χ4v) is 2.73. The Hall–Kier alpha value is -3.03. The molecule has 1 aromatic carbocycles. The largest absolute Gasteiger partial charge is 0.492 e. The average Bonchev–Trinajstić information content (AvgIpc) is 2.62. The second-order valence-corrected chi connectivity index (χ2v) is 7.50. The fourth-order valence-electron chi connectivity index (χ4n) is 2.73. The SMILES string of the molecule is CCn1c(=O)c(COC(C)=O)cc2ccc(OCCNC(=O)OC(C)(C)C)cc21. The quantitative estimate of drug-likeness (QED) is 0.563. The maximum Gasteiger partial charge on any atom is 0.407 e. The molecule has 0 spiro atoms. The molecule has 1 aromatic heterocycles. The Morgan fingerprint density at radius 2 is 1.90 bits per heavy atom. The Balaban J connectivity index is 2.09. The van der Waals surface area contributed by atoms with Crippen LogP contribution in [0.3, 0.4) is 0 Å². The van der Waals surface area contributed by atoms with Gasteiger partial charge in [-0.05, 0) is 51.3 Å². The number of ether oxygens (including phenoxy) is 3. The van der Waals surface area contributed by atoms with Crippen LogP contribution in [0, 0.1) is 0 Å². The molecule has 1 N–H and O–H groups in total. The maximum atomic E-state index is 12.7. The lowest BCUT2D eigenvalue weighted by molar-refractivity contribution is -0.142. The number of amides is 1. The van der Waals surface area contributed by atoms with Crippen LogP contribution in [0.4, 0.5) is 4.79 Å². The minimum atomic E-state index is -0.554. The molecular weight excluding hydrogens is 376 g/mol. The van der Waals surface area contributed by atoms with Crippen molar-refractivity contribution in [1.29, 1.82) is 0 Å². The fraction of sp³-hybridized carbons (Fsp3) is 0.476. The monoisotopic (exact) mass is 404 g/mol. The van der Waals surface area contributed by atoms with Crippen LogP contribution >= 0.6 is 0 Å². The minimum Gasteiger partial charge on any atom is -0.492 e. The maximum absolute atomic E-state index is 12.7. The van der Waals surface area contributed by atoms with Gasteiger partial charge in [-0.25, -0.2) is 4.79 Å².